The number of hydrogen-bond acceptors (Lipinski definition) is 10. The molecule has 0 aliphatic heterocycles. The van der Waals surface area contributed by atoms with Gasteiger partial charge in [-0.1, -0.05) is 0 Å². The summed E-state index contributed by atoms with van der Waals surface area (Å²) < 4.78 is 33.1. The van der Waals surface area contributed by atoms with Crippen LogP contribution in [0.25, 0.3) is 21.5 Å². The van der Waals surface area contributed by atoms with Gasteiger partial charge in [-0.25, -0.2) is 19.2 Å². The van der Waals surface area contributed by atoms with Gasteiger partial charge in [-0.05, 0) is 90.1 Å². The monoisotopic (exact) mass is 546 g/mol. The van der Waals surface area contributed by atoms with Gasteiger partial charge in [0.1, 0.15) is 55.7 Å². The largest absolute Gasteiger partial charge is 0.488 e. The Morgan fingerprint density at radius 2 is 0.700 bits per heavy atom. The second-order valence-electron chi connectivity index (χ2n) is 11.1. The molecule has 10 heteroatoms. The van der Waals surface area contributed by atoms with Crippen LogP contribution < -0.4 is 41.4 Å². The molecule has 2 heterocycles. The van der Waals surface area contributed by atoms with Crippen molar-refractivity contribution in [1.82, 2.24) is 0 Å². The summed E-state index contributed by atoms with van der Waals surface area (Å²) >= 11 is 0. The van der Waals surface area contributed by atoms with Crippen LogP contribution in [-0.2, 0) is 0 Å². The molecule has 0 amide bonds. The highest BCUT2D eigenvalue weighted by atomic mass is 16.5. The van der Waals surface area contributed by atoms with Crippen LogP contribution in [0.3, 0.4) is 0 Å². The summed E-state index contributed by atoms with van der Waals surface area (Å²) in [5.41, 5.74) is -5.11. The maximum absolute atomic E-state index is 12.8. The van der Waals surface area contributed by atoms with Gasteiger partial charge < -0.3 is 27.8 Å². The average Bonchev–Trinajstić information content (AvgIpc) is 3.31. The minimum atomic E-state index is -1.06. The van der Waals surface area contributed by atoms with Gasteiger partial charge >= 0.3 is 22.5 Å². The van der Waals surface area contributed by atoms with Gasteiger partial charge in [0.25, 0.3) is 0 Å². The highest BCUT2D eigenvalue weighted by molar-refractivity contribution is 6.10. The molecular formula is C30H26O10. The quantitative estimate of drug-likeness (QED) is 0.271. The van der Waals surface area contributed by atoms with Crippen molar-refractivity contribution in [2.24, 2.45) is 0 Å². The Bertz CT molecular complexity index is 1700. The molecule has 40 heavy (non-hydrogen) atoms. The first kappa shape index (κ1) is 26.7. The zero-order valence-electron chi connectivity index (χ0n) is 22.7. The summed E-state index contributed by atoms with van der Waals surface area (Å²) in [4.78, 5) is 51.3. The van der Waals surface area contributed by atoms with E-state index in [2.05, 4.69) is 0 Å². The van der Waals surface area contributed by atoms with E-state index in [4.69, 9.17) is 27.8 Å². The van der Waals surface area contributed by atoms with Crippen LogP contribution in [0.2, 0.25) is 0 Å². The highest BCUT2D eigenvalue weighted by Crippen LogP contribution is 2.42. The number of ether oxygens (including phenoxy) is 4. The summed E-state index contributed by atoms with van der Waals surface area (Å²) in [5, 5.41) is -1.41. The summed E-state index contributed by atoms with van der Waals surface area (Å²) in [7, 11) is 0. The van der Waals surface area contributed by atoms with Gasteiger partial charge in [-0.3, -0.25) is 0 Å². The Morgan fingerprint density at radius 1 is 0.450 bits per heavy atom. The molecule has 10 nitrogen and oxygen atoms in total. The number of benzene rings is 3. The molecule has 3 aromatic carbocycles. The molecule has 0 radical (unpaired) electrons. The predicted molar refractivity (Wildman–Crippen MR) is 147 cm³/mol. The molecule has 0 saturated heterocycles. The minimum absolute atomic E-state index is 0.202. The zero-order chi connectivity index (χ0) is 29.0. The maximum atomic E-state index is 12.8. The van der Waals surface area contributed by atoms with Gasteiger partial charge in [-0.15, -0.1) is 0 Å². The lowest BCUT2D eigenvalue weighted by atomic mass is 10.1. The Balaban J connectivity index is 1.65. The van der Waals surface area contributed by atoms with Crippen LogP contribution in [0.1, 0.15) is 41.5 Å². The molecule has 0 saturated carbocycles. The van der Waals surface area contributed by atoms with Crippen molar-refractivity contribution in [3.63, 3.8) is 0 Å². The van der Waals surface area contributed by atoms with Crippen LogP contribution >= 0.6 is 0 Å². The predicted octanol–water partition coefficient (Wildman–Crippen LogP) is 5.43. The molecule has 206 valence electrons. The number of hydrogen-bond donors (Lipinski definition) is 0. The third-order valence-corrected chi connectivity index (χ3v) is 5.53. The first-order chi connectivity index (χ1) is 18.7. The molecule has 0 N–H and O–H groups in total. The first-order valence-electron chi connectivity index (χ1n) is 12.4. The molecule has 0 fully saturated rings. The van der Waals surface area contributed by atoms with E-state index in [1.165, 1.54) is 0 Å². The van der Waals surface area contributed by atoms with Gasteiger partial charge in [0.2, 0.25) is 0 Å². The molecule has 0 spiro atoms. The van der Waals surface area contributed by atoms with Crippen LogP contribution in [0, 0.1) is 0 Å². The van der Waals surface area contributed by atoms with Crippen molar-refractivity contribution in [1.29, 1.82) is 0 Å². The lowest BCUT2D eigenvalue weighted by molar-refractivity contribution is 0.130. The van der Waals surface area contributed by atoms with Crippen molar-refractivity contribution in [2.75, 3.05) is 0 Å². The molecule has 5 aromatic rings. The summed E-state index contributed by atoms with van der Waals surface area (Å²) in [5.74, 6) is 0.829. The fourth-order valence-corrected chi connectivity index (χ4v) is 4.15. The standard InChI is InChI=1S/C30H26O10/c1-29(2,3)39-17-11-7-15(8-12-17)35-23-19-21(27(33)37-25(19)31)24(22-20(23)26(32)38-28(22)34)36-16-9-13-18(14-10-16)40-30(4,5)6/h7-14H,1-6H3. The maximum Gasteiger partial charge on any atom is 0.350 e. The zero-order valence-corrected chi connectivity index (χ0v) is 22.7. The van der Waals surface area contributed by atoms with E-state index in [9.17, 15) is 19.2 Å². The van der Waals surface area contributed by atoms with Gasteiger partial charge in [0.05, 0.1) is 0 Å². The molecule has 2 aromatic heterocycles. The van der Waals surface area contributed by atoms with Crippen LogP contribution in [0.4, 0.5) is 0 Å². The van der Waals surface area contributed by atoms with Crippen molar-refractivity contribution in [3.05, 3.63) is 90.2 Å². The number of rotatable bonds is 6. The minimum Gasteiger partial charge on any atom is -0.488 e. The average molecular weight is 547 g/mol. The highest BCUT2D eigenvalue weighted by Gasteiger charge is 2.31. The van der Waals surface area contributed by atoms with Crippen molar-refractivity contribution in [3.8, 4) is 34.5 Å². The van der Waals surface area contributed by atoms with Crippen molar-refractivity contribution < 1.29 is 27.8 Å². The lowest BCUT2D eigenvalue weighted by Gasteiger charge is -2.21. The molecule has 0 aliphatic rings. The van der Waals surface area contributed by atoms with E-state index < -0.39 is 33.7 Å². The van der Waals surface area contributed by atoms with E-state index in [-0.39, 0.29) is 44.5 Å². The Kier molecular flexibility index (Phi) is 6.29. The third kappa shape index (κ3) is 5.20. The van der Waals surface area contributed by atoms with Crippen molar-refractivity contribution in [2.45, 2.75) is 52.7 Å². The fourth-order valence-electron chi connectivity index (χ4n) is 4.15. The summed E-state index contributed by atoms with van der Waals surface area (Å²) in [6, 6.07) is 12.8. The van der Waals surface area contributed by atoms with Crippen molar-refractivity contribution >= 4 is 21.5 Å². The molecule has 0 aliphatic carbocycles. The van der Waals surface area contributed by atoms with Gasteiger partial charge in [-0.2, -0.15) is 0 Å². The number of fused-ring (bicyclic) bond motifs is 2. The second kappa shape index (κ2) is 9.41. The molecule has 0 unspecified atom stereocenters. The van der Waals surface area contributed by atoms with Crippen LogP contribution in [0.5, 0.6) is 34.5 Å². The van der Waals surface area contributed by atoms with E-state index in [1.54, 1.807) is 48.5 Å². The summed E-state index contributed by atoms with van der Waals surface area (Å²) in [6.45, 7) is 11.4. The fraction of sp³-hybridized carbons (Fsp3) is 0.267. The summed E-state index contributed by atoms with van der Waals surface area (Å²) in [6.07, 6.45) is 0. The SMILES string of the molecule is CC(C)(C)Oc1ccc(Oc2c3c(=O)oc(=O)c3c(Oc3ccc(OC(C)(C)C)cc3)c3c(=O)oc(=O)c23)cc1. The second-order valence-corrected chi connectivity index (χ2v) is 11.1. The molecular weight excluding hydrogens is 520 g/mol. The van der Waals surface area contributed by atoms with Crippen LogP contribution in [0.15, 0.2) is 76.5 Å². The van der Waals surface area contributed by atoms with E-state index in [0.29, 0.717) is 11.5 Å². The third-order valence-electron chi connectivity index (χ3n) is 5.53. The van der Waals surface area contributed by atoms with Gasteiger partial charge in [0, 0.05) is 0 Å². The number of furan rings is 2. The van der Waals surface area contributed by atoms with Crippen LogP contribution in [-0.4, -0.2) is 11.2 Å². The molecule has 0 bridgehead atoms. The molecule has 5 rings (SSSR count). The Morgan fingerprint density at radius 3 is 0.950 bits per heavy atom. The Hall–Kier alpha value is -4.86. The lowest BCUT2D eigenvalue weighted by Crippen LogP contribution is -2.22. The smallest absolute Gasteiger partial charge is 0.350 e. The topological polar surface area (TPSA) is 131 Å². The van der Waals surface area contributed by atoms with E-state index in [1.807, 2.05) is 41.5 Å². The van der Waals surface area contributed by atoms with E-state index >= 15 is 0 Å². The van der Waals surface area contributed by atoms with Gasteiger partial charge in [0.15, 0.2) is 11.5 Å². The first-order valence-corrected chi connectivity index (χ1v) is 12.4. The Labute approximate surface area is 227 Å². The normalized spacial score (nSPS) is 12.2. The van der Waals surface area contributed by atoms with E-state index in [0.717, 1.165) is 0 Å². The molecule has 0 atom stereocenters.